The van der Waals surface area contributed by atoms with Gasteiger partial charge < -0.3 is 4.74 Å². The van der Waals surface area contributed by atoms with Gasteiger partial charge in [-0.25, -0.2) is 0 Å². The molecule has 0 bridgehead atoms. The molecule has 0 aliphatic heterocycles. The van der Waals surface area contributed by atoms with Crippen LogP contribution in [0, 0.1) is 5.92 Å². The van der Waals surface area contributed by atoms with E-state index in [1.165, 1.54) is 0 Å². The highest BCUT2D eigenvalue weighted by Gasteiger charge is 2.42. The molecular formula is C15H24N2O2. The van der Waals surface area contributed by atoms with Crippen LogP contribution in [0.2, 0.25) is 0 Å². The van der Waals surface area contributed by atoms with Gasteiger partial charge in [-0.05, 0) is 44.1 Å². The second-order valence-corrected chi connectivity index (χ2v) is 5.65. The van der Waals surface area contributed by atoms with Gasteiger partial charge in [0.25, 0.3) is 0 Å². The van der Waals surface area contributed by atoms with Crippen LogP contribution in [-0.4, -0.2) is 28.3 Å². The summed E-state index contributed by atoms with van der Waals surface area (Å²) in [6, 6.07) is 1.82. The van der Waals surface area contributed by atoms with Crippen molar-refractivity contribution in [2.75, 3.05) is 7.11 Å². The average molecular weight is 264 g/mol. The molecular weight excluding hydrogens is 240 g/mol. The smallest absolute Gasteiger partial charge is 0.212 e. The molecule has 0 radical (unpaired) electrons. The van der Waals surface area contributed by atoms with Crippen LogP contribution < -0.4 is 0 Å². The SMILES string of the molecule is CCCn1nccc1C(=O)C1(OC)CCC(C)CC1. The Balaban J connectivity index is 2.23. The predicted molar refractivity (Wildman–Crippen MR) is 74.2 cm³/mol. The van der Waals surface area contributed by atoms with Crippen molar-refractivity contribution < 1.29 is 9.53 Å². The van der Waals surface area contributed by atoms with E-state index in [4.69, 9.17) is 4.74 Å². The molecule has 4 nitrogen and oxygen atoms in total. The van der Waals surface area contributed by atoms with Crippen molar-refractivity contribution >= 4 is 5.78 Å². The zero-order chi connectivity index (χ0) is 13.9. The van der Waals surface area contributed by atoms with Crippen molar-refractivity contribution in [3.05, 3.63) is 18.0 Å². The molecule has 0 amide bonds. The molecule has 0 spiro atoms. The topological polar surface area (TPSA) is 44.1 Å². The highest BCUT2D eigenvalue weighted by molar-refractivity contribution is 6.01. The van der Waals surface area contributed by atoms with Crippen LogP contribution in [-0.2, 0) is 11.3 Å². The molecule has 1 aliphatic rings. The predicted octanol–water partition coefficient (Wildman–Crippen LogP) is 3.07. The van der Waals surface area contributed by atoms with Gasteiger partial charge in [-0.15, -0.1) is 0 Å². The summed E-state index contributed by atoms with van der Waals surface area (Å²) in [5.41, 5.74) is 0.0659. The lowest BCUT2D eigenvalue weighted by Gasteiger charge is -2.36. The zero-order valence-electron chi connectivity index (χ0n) is 12.2. The maximum absolute atomic E-state index is 12.8. The van der Waals surface area contributed by atoms with Gasteiger partial charge in [-0.2, -0.15) is 5.10 Å². The Kier molecular flexibility index (Phi) is 4.40. The van der Waals surface area contributed by atoms with Gasteiger partial charge in [-0.3, -0.25) is 9.48 Å². The minimum atomic E-state index is -0.627. The number of aromatic nitrogens is 2. The van der Waals surface area contributed by atoms with Crippen molar-refractivity contribution in [1.29, 1.82) is 0 Å². The quantitative estimate of drug-likeness (QED) is 0.768. The van der Waals surface area contributed by atoms with Crippen LogP contribution in [0.25, 0.3) is 0 Å². The normalized spacial score (nSPS) is 27.4. The third-order valence-corrected chi connectivity index (χ3v) is 4.27. The first-order valence-corrected chi connectivity index (χ1v) is 7.24. The summed E-state index contributed by atoms with van der Waals surface area (Å²) >= 11 is 0. The van der Waals surface area contributed by atoms with Crippen LogP contribution in [0.4, 0.5) is 0 Å². The van der Waals surface area contributed by atoms with Gasteiger partial charge in [0.1, 0.15) is 11.3 Å². The second-order valence-electron chi connectivity index (χ2n) is 5.65. The number of rotatable bonds is 5. The summed E-state index contributed by atoms with van der Waals surface area (Å²) in [4.78, 5) is 12.8. The van der Waals surface area contributed by atoms with E-state index in [2.05, 4.69) is 18.9 Å². The molecule has 106 valence electrons. The van der Waals surface area contributed by atoms with Gasteiger partial charge in [0.15, 0.2) is 0 Å². The summed E-state index contributed by atoms with van der Waals surface area (Å²) in [6.07, 6.45) is 6.43. The van der Waals surface area contributed by atoms with Crippen molar-refractivity contribution in [3.63, 3.8) is 0 Å². The van der Waals surface area contributed by atoms with Crippen LogP contribution in [0.3, 0.4) is 0 Å². The molecule has 0 saturated heterocycles. The van der Waals surface area contributed by atoms with Crippen molar-refractivity contribution in [1.82, 2.24) is 9.78 Å². The lowest BCUT2D eigenvalue weighted by molar-refractivity contribution is -0.0270. The third-order valence-electron chi connectivity index (χ3n) is 4.27. The van der Waals surface area contributed by atoms with Gasteiger partial charge in [0.05, 0.1) is 0 Å². The molecule has 0 unspecified atom stereocenters. The number of hydrogen-bond acceptors (Lipinski definition) is 3. The van der Waals surface area contributed by atoms with Crippen LogP contribution >= 0.6 is 0 Å². The van der Waals surface area contributed by atoms with E-state index in [0.29, 0.717) is 11.6 Å². The van der Waals surface area contributed by atoms with Crippen LogP contribution in [0.1, 0.15) is 56.4 Å². The van der Waals surface area contributed by atoms with Crippen LogP contribution in [0.15, 0.2) is 12.3 Å². The second kappa shape index (κ2) is 5.87. The number of carbonyl (C=O) groups excluding carboxylic acids is 1. The van der Waals surface area contributed by atoms with Crippen molar-refractivity contribution in [2.45, 2.75) is 58.1 Å². The maximum Gasteiger partial charge on any atom is 0.212 e. The van der Waals surface area contributed by atoms with Gasteiger partial charge in [0, 0.05) is 19.9 Å². The molecule has 1 fully saturated rings. The van der Waals surface area contributed by atoms with Crippen molar-refractivity contribution in [3.8, 4) is 0 Å². The summed E-state index contributed by atoms with van der Waals surface area (Å²) < 4.78 is 7.46. The van der Waals surface area contributed by atoms with Gasteiger partial charge in [-0.1, -0.05) is 13.8 Å². The first-order valence-electron chi connectivity index (χ1n) is 7.24. The van der Waals surface area contributed by atoms with E-state index in [1.807, 2.05) is 6.07 Å². The summed E-state index contributed by atoms with van der Waals surface area (Å²) in [5.74, 6) is 0.796. The Morgan fingerprint density at radius 1 is 1.53 bits per heavy atom. The molecule has 1 saturated carbocycles. The Morgan fingerprint density at radius 3 is 2.79 bits per heavy atom. The first-order chi connectivity index (χ1) is 9.13. The number of ketones is 1. The van der Waals surface area contributed by atoms with E-state index in [9.17, 15) is 4.79 Å². The molecule has 1 aliphatic carbocycles. The lowest BCUT2D eigenvalue weighted by atomic mass is 9.76. The van der Waals surface area contributed by atoms with E-state index in [-0.39, 0.29) is 5.78 Å². The molecule has 0 aromatic carbocycles. The van der Waals surface area contributed by atoms with E-state index >= 15 is 0 Å². The van der Waals surface area contributed by atoms with Gasteiger partial charge in [0.2, 0.25) is 5.78 Å². The average Bonchev–Trinajstić information content (AvgIpc) is 2.88. The number of carbonyl (C=O) groups is 1. The minimum absolute atomic E-state index is 0.104. The molecule has 0 N–H and O–H groups in total. The number of methoxy groups -OCH3 is 1. The Morgan fingerprint density at radius 2 is 2.21 bits per heavy atom. The lowest BCUT2D eigenvalue weighted by Crippen LogP contribution is -2.44. The van der Waals surface area contributed by atoms with Gasteiger partial charge >= 0.3 is 0 Å². The highest BCUT2D eigenvalue weighted by atomic mass is 16.5. The zero-order valence-corrected chi connectivity index (χ0v) is 12.2. The molecule has 2 rings (SSSR count). The molecule has 1 aromatic heterocycles. The number of aryl methyl sites for hydroxylation is 1. The number of ether oxygens (including phenoxy) is 1. The van der Waals surface area contributed by atoms with E-state index in [0.717, 1.165) is 38.6 Å². The van der Waals surface area contributed by atoms with Crippen LogP contribution in [0.5, 0.6) is 0 Å². The standard InChI is InChI=1S/C15H24N2O2/c1-4-11-17-13(7-10-16-17)14(18)15(19-3)8-5-12(2)6-9-15/h7,10,12H,4-6,8-9,11H2,1-3H3. The molecule has 19 heavy (non-hydrogen) atoms. The Labute approximate surface area is 115 Å². The molecule has 4 heteroatoms. The Bertz CT molecular complexity index is 431. The number of hydrogen-bond donors (Lipinski definition) is 0. The fraction of sp³-hybridized carbons (Fsp3) is 0.733. The fourth-order valence-electron chi connectivity index (χ4n) is 2.90. The monoisotopic (exact) mass is 264 g/mol. The Hall–Kier alpha value is -1.16. The molecule has 1 heterocycles. The highest BCUT2D eigenvalue weighted by Crippen LogP contribution is 2.36. The summed E-state index contributed by atoms with van der Waals surface area (Å²) in [6.45, 7) is 5.11. The largest absolute Gasteiger partial charge is 0.370 e. The third kappa shape index (κ3) is 2.73. The van der Waals surface area contributed by atoms with E-state index in [1.54, 1.807) is 18.0 Å². The minimum Gasteiger partial charge on any atom is -0.370 e. The fourth-order valence-corrected chi connectivity index (χ4v) is 2.90. The van der Waals surface area contributed by atoms with E-state index < -0.39 is 5.60 Å². The summed E-state index contributed by atoms with van der Waals surface area (Å²) in [7, 11) is 1.66. The summed E-state index contributed by atoms with van der Waals surface area (Å²) in [5, 5.41) is 4.24. The number of nitrogens with zero attached hydrogens (tertiary/aromatic N) is 2. The molecule has 0 atom stereocenters. The first kappa shape index (κ1) is 14.3. The van der Waals surface area contributed by atoms with Crippen molar-refractivity contribution in [2.24, 2.45) is 5.92 Å². The number of Topliss-reactive ketones (excluding diaryl/α,β-unsaturated/α-hetero) is 1. The maximum atomic E-state index is 12.8. The molecule has 1 aromatic rings.